The zero-order valence-corrected chi connectivity index (χ0v) is 14.6. The fraction of sp³-hybridized carbons (Fsp3) is 0.556. The largest absolute Gasteiger partial charge is 0.382 e. The highest BCUT2D eigenvalue weighted by atomic mass is 16.5. The molecule has 0 unspecified atom stereocenters. The van der Waals surface area contributed by atoms with E-state index in [1.165, 1.54) is 0 Å². The van der Waals surface area contributed by atoms with Crippen LogP contribution in [0.25, 0.3) is 10.9 Å². The zero-order valence-electron chi connectivity index (χ0n) is 14.6. The van der Waals surface area contributed by atoms with Gasteiger partial charge in [0.25, 0.3) is 5.56 Å². The normalized spacial score (nSPS) is 21.2. The smallest absolute Gasteiger partial charge is 0.261 e. The molecule has 1 aliphatic heterocycles. The third-order valence-corrected chi connectivity index (χ3v) is 4.29. The second-order valence-corrected chi connectivity index (χ2v) is 6.95. The molecule has 0 N–H and O–H groups in total. The molecule has 0 amide bonds. The highest BCUT2D eigenvalue weighted by molar-refractivity contribution is 5.76. The summed E-state index contributed by atoms with van der Waals surface area (Å²) in [6.45, 7) is 7.81. The van der Waals surface area contributed by atoms with Crippen molar-refractivity contribution < 1.29 is 9.47 Å². The first kappa shape index (κ1) is 17.1. The number of benzene rings is 1. The van der Waals surface area contributed by atoms with E-state index in [4.69, 9.17) is 9.47 Å². The van der Waals surface area contributed by atoms with Gasteiger partial charge in [-0.15, -0.1) is 0 Å². The van der Waals surface area contributed by atoms with Gasteiger partial charge in [0, 0.05) is 33.3 Å². The highest BCUT2D eigenvalue weighted by Crippen LogP contribution is 2.21. The van der Waals surface area contributed by atoms with E-state index < -0.39 is 0 Å². The molecule has 1 aromatic heterocycles. The van der Waals surface area contributed by atoms with Crippen LogP contribution in [0, 0.1) is 0 Å². The molecule has 0 saturated carbocycles. The van der Waals surface area contributed by atoms with Gasteiger partial charge in [-0.05, 0) is 26.0 Å². The number of hydrogen-bond acceptors (Lipinski definition) is 5. The summed E-state index contributed by atoms with van der Waals surface area (Å²) in [5, 5.41) is 0.666. The van der Waals surface area contributed by atoms with Crippen LogP contribution in [0.4, 0.5) is 0 Å². The van der Waals surface area contributed by atoms with Crippen molar-refractivity contribution in [2.24, 2.45) is 0 Å². The Balaban J connectivity index is 1.71. The lowest BCUT2D eigenvalue weighted by Gasteiger charge is -2.42. The molecule has 6 nitrogen and oxygen atoms in total. The third kappa shape index (κ3) is 3.83. The number of hydrogen-bond donors (Lipinski definition) is 0. The summed E-state index contributed by atoms with van der Waals surface area (Å²) in [5.74, 6) is 0. The maximum Gasteiger partial charge on any atom is 0.261 e. The average Bonchev–Trinajstić information content (AvgIpc) is 2.53. The Bertz CT molecular complexity index is 757. The van der Waals surface area contributed by atoms with Crippen LogP contribution in [0.15, 0.2) is 35.4 Å². The van der Waals surface area contributed by atoms with E-state index in [0.29, 0.717) is 18.5 Å². The van der Waals surface area contributed by atoms with Gasteiger partial charge in [0.1, 0.15) is 0 Å². The topological polar surface area (TPSA) is 56.6 Å². The molecule has 1 aliphatic rings. The molecular formula is C18H25N3O3. The number of methoxy groups -OCH3 is 1. The lowest BCUT2D eigenvalue weighted by Crippen LogP contribution is -2.54. The number of fused-ring (bicyclic) bond motifs is 1. The number of nitrogens with zero attached hydrogens (tertiary/aromatic N) is 3. The summed E-state index contributed by atoms with van der Waals surface area (Å²) in [6.07, 6.45) is 1.70. The van der Waals surface area contributed by atoms with E-state index in [1.54, 1.807) is 18.0 Å². The Hall–Kier alpha value is -1.76. The molecule has 0 radical (unpaired) electrons. The average molecular weight is 331 g/mol. The maximum atomic E-state index is 12.6. The quantitative estimate of drug-likeness (QED) is 0.831. The molecule has 0 aliphatic carbocycles. The van der Waals surface area contributed by atoms with Gasteiger partial charge in [-0.25, -0.2) is 4.98 Å². The van der Waals surface area contributed by atoms with E-state index in [1.807, 2.05) is 24.3 Å². The minimum Gasteiger partial charge on any atom is -0.382 e. The van der Waals surface area contributed by atoms with Crippen molar-refractivity contribution in [1.29, 1.82) is 0 Å². The first-order valence-electron chi connectivity index (χ1n) is 8.32. The highest BCUT2D eigenvalue weighted by Gasteiger charge is 2.33. The minimum absolute atomic E-state index is 0.0153. The van der Waals surface area contributed by atoms with Crippen molar-refractivity contribution in [3.63, 3.8) is 0 Å². The molecule has 1 saturated heterocycles. The van der Waals surface area contributed by atoms with E-state index >= 15 is 0 Å². The van der Waals surface area contributed by atoms with Crippen molar-refractivity contribution in [3.05, 3.63) is 40.9 Å². The maximum absolute atomic E-state index is 12.6. The molecule has 3 rings (SSSR count). The van der Waals surface area contributed by atoms with Crippen molar-refractivity contribution in [2.45, 2.75) is 32.1 Å². The molecule has 2 aromatic rings. The predicted octanol–water partition coefficient (Wildman–Crippen LogP) is 1.52. The monoisotopic (exact) mass is 331 g/mol. The molecule has 1 aromatic carbocycles. The molecule has 0 spiro atoms. The predicted molar refractivity (Wildman–Crippen MR) is 93.3 cm³/mol. The Kier molecular flexibility index (Phi) is 4.99. The zero-order chi connectivity index (χ0) is 17.2. The van der Waals surface area contributed by atoms with Gasteiger partial charge in [0.2, 0.25) is 0 Å². The summed E-state index contributed by atoms with van der Waals surface area (Å²) in [7, 11) is 1.69. The van der Waals surface area contributed by atoms with Gasteiger partial charge in [0.15, 0.2) is 0 Å². The number of aromatic nitrogens is 2. The second-order valence-electron chi connectivity index (χ2n) is 6.95. The second kappa shape index (κ2) is 7.01. The van der Waals surface area contributed by atoms with Crippen LogP contribution in [0.3, 0.4) is 0 Å². The molecule has 1 fully saturated rings. The first-order chi connectivity index (χ1) is 11.5. The summed E-state index contributed by atoms with van der Waals surface area (Å²) < 4.78 is 13.0. The van der Waals surface area contributed by atoms with Crippen LogP contribution in [0.2, 0.25) is 0 Å². The van der Waals surface area contributed by atoms with Gasteiger partial charge in [-0.3, -0.25) is 14.3 Å². The van der Waals surface area contributed by atoms with Crippen molar-refractivity contribution in [2.75, 3.05) is 33.4 Å². The lowest BCUT2D eigenvalue weighted by atomic mass is 10.1. The minimum atomic E-state index is -0.214. The summed E-state index contributed by atoms with van der Waals surface area (Å²) in [6, 6.07) is 7.45. The van der Waals surface area contributed by atoms with Crippen molar-refractivity contribution in [3.8, 4) is 0 Å². The molecule has 24 heavy (non-hydrogen) atoms. The summed E-state index contributed by atoms with van der Waals surface area (Å²) in [5.41, 5.74) is 0.543. The van der Waals surface area contributed by atoms with Crippen LogP contribution >= 0.6 is 0 Å². The van der Waals surface area contributed by atoms with Gasteiger partial charge < -0.3 is 9.47 Å². The van der Waals surface area contributed by atoms with E-state index in [9.17, 15) is 4.79 Å². The van der Waals surface area contributed by atoms with Gasteiger partial charge in [-0.2, -0.15) is 0 Å². The SMILES string of the molecule is COC[C@@H]1CN(CCn2cnc3ccccc3c2=O)CC(C)(C)O1. The summed E-state index contributed by atoms with van der Waals surface area (Å²) >= 11 is 0. The third-order valence-electron chi connectivity index (χ3n) is 4.29. The molecule has 1 atom stereocenters. The number of ether oxygens (including phenoxy) is 2. The van der Waals surface area contributed by atoms with Crippen LogP contribution in [0.5, 0.6) is 0 Å². The molecule has 0 bridgehead atoms. The number of morpholine rings is 1. The summed E-state index contributed by atoms with van der Waals surface area (Å²) in [4.78, 5) is 19.3. The van der Waals surface area contributed by atoms with Gasteiger partial charge in [-0.1, -0.05) is 12.1 Å². The molecule has 130 valence electrons. The molecular weight excluding hydrogens is 306 g/mol. The van der Waals surface area contributed by atoms with E-state index in [0.717, 1.165) is 25.2 Å². The Labute approximate surface area is 142 Å². The van der Waals surface area contributed by atoms with Crippen LogP contribution < -0.4 is 5.56 Å². The fourth-order valence-corrected chi connectivity index (χ4v) is 3.37. The Morgan fingerprint density at radius 2 is 2.12 bits per heavy atom. The van der Waals surface area contributed by atoms with Crippen LogP contribution in [0.1, 0.15) is 13.8 Å². The first-order valence-corrected chi connectivity index (χ1v) is 8.32. The molecule has 2 heterocycles. The molecule has 6 heteroatoms. The standard InChI is InChI=1S/C18H25N3O3/c1-18(2)12-20(10-14(24-18)11-23-3)8-9-21-13-19-16-7-5-4-6-15(16)17(21)22/h4-7,13-14H,8-12H2,1-3H3/t14-/m0/s1. The van der Waals surface area contributed by atoms with Gasteiger partial charge >= 0.3 is 0 Å². The van der Waals surface area contributed by atoms with Crippen molar-refractivity contribution in [1.82, 2.24) is 14.5 Å². The lowest BCUT2D eigenvalue weighted by molar-refractivity contribution is -0.152. The number of rotatable bonds is 5. The van der Waals surface area contributed by atoms with Crippen LogP contribution in [-0.4, -0.2) is 59.5 Å². The van der Waals surface area contributed by atoms with Gasteiger partial charge in [0.05, 0.1) is 35.5 Å². The number of para-hydroxylation sites is 1. The Morgan fingerprint density at radius 3 is 2.92 bits per heavy atom. The van der Waals surface area contributed by atoms with Crippen LogP contribution in [-0.2, 0) is 16.0 Å². The fourth-order valence-electron chi connectivity index (χ4n) is 3.37. The van der Waals surface area contributed by atoms with E-state index in [-0.39, 0.29) is 17.3 Å². The van der Waals surface area contributed by atoms with E-state index in [2.05, 4.69) is 23.7 Å². The van der Waals surface area contributed by atoms with Crippen molar-refractivity contribution >= 4 is 10.9 Å². The Morgan fingerprint density at radius 1 is 1.33 bits per heavy atom.